The van der Waals surface area contributed by atoms with Gasteiger partial charge in [0.15, 0.2) is 11.5 Å². The second-order valence-electron chi connectivity index (χ2n) is 17.7. The minimum absolute atomic E-state index is 0. The third-order valence-electron chi connectivity index (χ3n) is 15.3. The van der Waals surface area contributed by atoms with Gasteiger partial charge in [-0.15, -0.1) is 0 Å². The lowest BCUT2D eigenvalue weighted by Gasteiger charge is -2.58. The van der Waals surface area contributed by atoms with Crippen LogP contribution in [0.3, 0.4) is 0 Å². The zero-order valence-electron chi connectivity index (χ0n) is 31.9. The Morgan fingerprint density at radius 1 is 0.882 bits per heavy atom. The van der Waals surface area contributed by atoms with Crippen LogP contribution in [0, 0.1) is 28.6 Å². The van der Waals surface area contributed by atoms with E-state index in [0.717, 1.165) is 66.0 Å². The molecule has 51 heavy (non-hydrogen) atoms. The van der Waals surface area contributed by atoms with E-state index in [1.807, 2.05) is 0 Å². The molecule has 0 radical (unpaired) electrons. The molecular weight excluding hydrogens is 764 g/mol. The first kappa shape index (κ1) is 40.8. The Morgan fingerprint density at radius 2 is 1.61 bits per heavy atom. The Morgan fingerprint density at radius 3 is 2.31 bits per heavy atom. The maximum absolute atomic E-state index is 12.0. The number of rotatable bonds is 11. The van der Waals surface area contributed by atoms with Gasteiger partial charge in [-0.1, -0.05) is 50.8 Å². The van der Waals surface area contributed by atoms with Crippen LogP contribution < -0.4 is 43.4 Å². The van der Waals surface area contributed by atoms with Crippen LogP contribution in [0.1, 0.15) is 96.5 Å². The third-order valence-corrected chi connectivity index (χ3v) is 15.3. The minimum Gasteiger partial charge on any atom is -1.00 e. The lowest BCUT2D eigenvalue weighted by Crippen LogP contribution is -3.00. The fourth-order valence-electron chi connectivity index (χ4n) is 12.4. The van der Waals surface area contributed by atoms with E-state index in [2.05, 4.69) is 69.5 Å². The molecule has 7 rings (SSSR count). The van der Waals surface area contributed by atoms with Crippen LogP contribution in [0.5, 0.6) is 11.5 Å². The summed E-state index contributed by atoms with van der Waals surface area (Å²) < 4.78 is 14.6. The number of nitrogens with zero attached hydrogens (tertiary/aromatic N) is 2. The van der Waals surface area contributed by atoms with Crippen LogP contribution >= 0.6 is 0 Å². The summed E-state index contributed by atoms with van der Waals surface area (Å²) in [6, 6.07) is 7.09. The topological polar surface area (TPSA) is 38.7 Å². The quantitative estimate of drug-likeness (QED) is 0.276. The number of halogens is 2. The molecule has 0 spiro atoms. The lowest BCUT2D eigenvalue weighted by molar-refractivity contribution is -0.936. The summed E-state index contributed by atoms with van der Waals surface area (Å²) in [5.41, 5.74) is 4.35. The number of likely N-dealkylation sites (tertiary alicyclic amines) is 2. The fourth-order valence-corrected chi connectivity index (χ4v) is 12.4. The molecular formula is C44H66Br2N2O3. The zero-order chi connectivity index (χ0) is 34.3. The number of hydrogen-bond donors (Lipinski definition) is 1. The van der Waals surface area contributed by atoms with Crippen LogP contribution in [-0.4, -0.2) is 85.7 Å². The number of aliphatic hydroxyl groups is 1. The van der Waals surface area contributed by atoms with Gasteiger partial charge in [0.2, 0.25) is 0 Å². The summed E-state index contributed by atoms with van der Waals surface area (Å²) >= 11 is 0. The first-order chi connectivity index (χ1) is 23.7. The molecule has 5 nitrogen and oxygen atoms in total. The van der Waals surface area contributed by atoms with Crippen molar-refractivity contribution < 1.29 is 57.5 Å². The number of methoxy groups -OCH3 is 1. The molecule has 284 valence electrons. The first-order valence-corrected chi connectivity index (χ1v) is 20.0. The molecule has 0 aromatic heterocycles. The molecule has 0 amide bonds. The summed E-state index contributed by atoms with van der Waals surface area (Å²) in [4.78, 5) is 0. The average molecular weight is 831 g/mol. The summed E-state index contributed by atoms with van der Waals surface area (Å²) in [5, 5.41) is 12.0. The van der Waals surface area contributed by atoms with Crippen molar-refractivity contribution in [2.45, 2.75) is 103 Å². The molecule has 6 aliphatic rings. The SMILES string of the molecule is C=CC[N+]1(CCOc2ccc(/C=C3\C[C@H]4[C@@H]5CC=C6C[C@@H]([N+]7(CC=C)CCCC7)CC[C@]6(C)[C@H]5CC[C@]4(C)[C@H]3O)cc2OC)CCCCC1.[Br-].[Br-]. The minimum atomic E-state index is -0.387. The van der Waals surface area contributed by atoms with E-state index in [4.69, 9.17) is 9.47 Å². The number of hydrogen-bond acceptors (Lipinski definition) is 3. The van der Waals surface area contributed by atoms with Crippen molar-refractivity contribution in [2.75, 3.05) is 59.5 Å². The number of piperidine rings is 1. The molecule has 3 saturated carbocycles. The number of ether oxygens (including phenoxy) is 2. The number of allylic oxidation sites excluding steroid dienone is 1. The Labute approximate surface area is 330 Å². The van der Waals surface area contributed by atoms with E-state index < -0.39 is 0 Å². The van der Waals surface area contributed by atoms with Crippen molar-refractivity contribution in [1.82, 2.24) is 0 Å². The molecule has 1 N–H and O–H groups in total. The highest BCUT2D eigenvalue weighted by atomic mass is 79.9. The molecule has 5 fully saturated rings. The summed E-state index contributed by atoms with van der Waals surface area (Å²) in [5.74, 6) is 3.51. The maximum Gasteiger partial charge on any atom is 0.161 e. The normalized spacial score (nSPS) is 35.6. The van der Waals surface area contributed by atoms with Crippen molar-refractivity contribution in [1.29, 1.82) is 0 Å². The highest BCUT2D eigenvalue weighted by molar-refractivity contribution is 5.60. The van der Waals surface area contributed by atoms with Gasteiger partial charge in [0.25, 0.3) is 0 Å². The zero-order valence-corrected chi connectivity index (χ0v) is 35.1. The predicted octanol–water partition coefficient (Wildman–Crippen LogP) is 2.75. The van der Waals surface area contributed by atoms with Crippen LogP contribution in [0.2, 0.25) is 0 Å². The van der Waals surface area contributed by atoms with E-state index in [0.29, 0.717) is 23.9 Å². The molecule has 1 aromatic rings. The van der Waals surface area contributed by atoms with Crippen molar-refractivity contribution >= 4 is 6.08 Å². The van der Waals surface area contributed by atoms with Crippen molar-refractivity contribution in [2.24, 2.45) is 28.6 Å². The van der Waals surface area contributed by atoms with Gasteiger partial charge in [0, 0.05) is 31.1 Å². The predicted molar refractivity (Wildman–Crippen MR) is 201 cm³/mol. The molecule has 1 aromatic carbocycles. The van der Waals surface area contributed by atoms with Gasteiger partial charge in [-0.2, -0.15) is 0 Å². The van der Waals surface area contributed by atoms with Crippen LogP contribution in [0.25, 0.3) is 6.08 Å². The molecule has 4 aliphatic carbocycles. The second-order valence-corrected chi connectivity index (χ2v) is 17.7. The molecule has 2 saturated heterocycles. The van der Waals surface area contributed by atoms with Crippen molar-refractivity contribution in [3.05, 3.63) is 66.3 Å². The monoisotopic (exact) mass is 828 g/mol. The molecule has 0 bridgehead atoms. The summed E-state index contributed by atoms with van der Waals surface area (Å²) in [7, 11) is 1.74. The maximum atomic E-state index is 12.0. The van der Waals surface area contributed by atoms with E-state index in [1.54, 1.807) is 12.7 Å². The largest absolute Gasteiger partial charge is 1.00 e. The van der Waals surface area contributed by atoms with Gasteiger partial charge in [-0.3, -0.25) is 0 Å². The number of aliphatic hydroxyl groups excluding tert-OH is 1. The van der Waals surface area contributed by atoms with Gasteiger partial charge in [0.1, 0.15) is 13.2 Å². The molecule has 0 unspecified atom stereocenters. The van der Waals surface area contributed by atoms with Crippen molar-refractivity contribution in [3.63, 3.8) is 0 Å². The third kappa shape index (κ3) is 7.51. The lowest BCUT2D eigenvalue weighted by atomic mass is 9.47. The first-order valence-electron chi connectivity index (χ1n) is 20.0. The van der Waals surface area contributed by atoms with E-state index >= 15 is 0 Å². The van der Waals surface area contributed by atoms with Gasteiger partial charge >= 0.3 is 0 Å². The Bertz CT molecular complexity index is 1450. The molecule has 7 heteroatoms. The Kier molecular flexibility index (Phi) is 13.2. The van der Waals surface area contributed by atoms with Gasteiger partial charge in [-0.25, -0.2) is 0 Å². The van der Waals surface area contributed by atoms with Crippen LogP contribution in [0.4, 0.5) is 0 Å². The highest BCUT2D eigenvalue weighted by Gasteiger charge is 2.60. The molecule has 2 aliphatic heterocycles. The molecule has 2 heterocycles. The number of quaternary nitrogens is 2. The highest BCUT2D eigenvalue weighted by Crippen LogP contribution is 2.66. The molecule has 7 atom stereocenters. The standard InChI is InChI=1S/C44H66N2O3.2BrH/c1-6-21-45(23-9-8-10-24-45)27-28-49-40-16-13-33(30-41(40)48-5)29-34-31-39-37-15-14-35-32-36(46(22-7-2)25-11-12-26-46)17-19-43(35,3)38(37)18-20-44(39,4)42(34)47;;/h6-7,13-14,16,29-30,36-39,42,47H,1-2,8-12,15,17-28,31-32H2,3-5H3;2*1H/q+2;;/p-2/b34-29+;;/t36-,37+,38-,39-,42-,43-,44-;;/m0../s1. The van der Waals surface area contributed by atoms with Gasteiger partial charge in [-0.05, 0) is 110 Å². The summed E-state index contributed by atoms with van der Waals surface area (Å²) in [6.45, 7) is 22.2. The average Bonchev–Trinajstić information content (AvgIpc) is 3.68. The van der Waals surface area contributed by atoms with Gasteiger partial charge < -0.3 is 57.5 Å². The summed E-state index contributed by atoms with van der Waals surface area (Å²) in [6.07, 6.45) is 24.1. The fraction of sp³-hybridized carbons (Fsp3) is 0.682. The van der Waals surface area contributed by atoms with Gasteiger partial charge in [0.05, 0.1) is 58.5 Å². The van der Waals surface area contributed by atoms with E-state index in [1.165, 1.54) is 100 Å². The Hall–Kier alpha value is -1.38. The van der Waals surface area contributed by atoms with Crippen molar-refractivity contribution in [3.8, 4) is 11.5 Å². The van der Waals surface area contributed by atoms with E-state index in [9.17, 15) is 5.11 Å². The van der Waals surface area contributed by atoms with Crippen LogP contribution in [-0.2, 0) is 0 Å². The number of benzene rings is 1. The van der Waals surface area contributed by atoms with E-state index in [-0.39, 0.29) is 45.5 Å². The Balaban J connectivity index is 0.00000252. The smallest absolute Gasteiger partial charge is 0.161 e. The second kappa shape index (κ2) is 16.6. The number of fused-ring (bicyclic) bond motifs is 5. The van der Waals surface area contributed by atoms with Crippen LogP contribution in [0.15, 0.2) is 60.7 Å².